The van der Waals surface area contributed by atoms with Gasteiger partial charge in [0.2, 0.25) is 0 Å². The zero-order chi connectivity index (χ0) is 17.7. The highest BCUT2D eigenvalue weighted by Gasteiger charge is 2.29. The molecule has 136 valence electrons. The molecule has 1 atom stereocenters. The fourth-order valence-electron chi connectivity index (χ4n) is 3.78. The van der Waals surface area contributed by atoms with Crippen molar-refractivity contribution in [3.63, 3.8) is 0 Å². The fourth-order valence-corrected chi connectivity index (χ4v) is 3.78. The summed E-state index contributed by atoms with van der Waals surface area (Å²) in [5.74, 6) is 0. The van der Waals surface area contributed by atoms with Gasteiger partial charge in [-0.05, 0) is 63.4 Å². The number of nitrogens with one attached hydrogen (secondary N) is 1. The molecule has 1 aliphatic rings. The summed E-state index contributed by atoms with van der Waals surface area (Å²) in [6.07, 6.45) is 3.59. The summed E-state index contributed by atoms with van der Waals surface area (Å²) >= 11 is 0. The molecule has 0 amide bonds. The molecule has 1 fully saturated rings. The number of hydrogen-bond donors (Lipinski definition) is 1. The summed E-state index contributed by atoms with van der Waals surface area (Å²) in [7, 11) is 4.33. The molecule has 0 saturated carbocycles. The van der Waals surface area contributed by atoms with Crippen molar-refractivity contribution >= 4 is 5.69 Å². The first-order chi connectivity index (χ1) is 11.3. The van der Waals surface area contributed by atoms with Crippen molar-refractivity contribution < 1.29 is 0 Å². The van der Waals surface area contributed by atoms with Gasteiger partial charge in [0.25, 0.3) is 0 Å². The van der Waals surface area contributed by atoms with Gasteiger partial charge in [0.1, 0.15) is 0 Å². The van der Waals surface area contributed by atoms with E-state index in [0.717, 1.165) is 26.1 Å². The summed E-state index contributed by atoms with van der Waals surface area (Å²) in [4.78, 5) is 4.83. The van der Waals surface area contributed by atoms with Gasteiger partial charge < -0.3 is 15.1 Å². The van der Waals surface area contributed by atoms with Crippen molar-refractivity contribution in [1.29, 1.82) is 0 Å². The number of nitrogens with zero attached hydrogens (tertiary/aromatic N) is 2. The van der Waals surface area contributed by atoms with E-state index < -0.39 is 0 Å². The quantitative estimate of drug-likeness (QED) is 0.820. The second-order valence-electron chi connectivity index (χ2n) is 8.40. The van der Waals surface area contributed by atoms with Crippen LogP contribution in [0.4, 0.5) is 5.69 Å². The summed E-state index contributed by atoms with van der Waals surface area (Å²) in [5.41, 5.74) is 3.09. The Morgan fingerprint density at radius 2 is 1.75 bits per heavy atom. The molecular weight excluding hydrogens is 294 g/mol. The van der Waals surface area contributed by atoms with Gasteiger partial charge >= 0.3 is 0 Å². The minimum absolute atomic E-state index is 0.288. The molecule has 0 bridgehead atoms. The average molecular weight is 332 g/mol. The average Bonchev–Trinajstić information content (AvgIpc) is 2.54. The van der Waals surface area contributed by atoms with Crippen LogP contribution in [0, 0.1) is 5.41 Å². The van der Waals surface area contributed by atoms with Gasteiger partial charge in [-0.3, -0.25) is 0 Å². The first-order valence-electron chi connectivity index (χ1n) is 9.56. The minimum Gasteiger partial charge on any atom is -0.371 e. The van der Waals surface area contributed by atoms with Gasteiger partial charge in [-0.25, -0.2) is 0 Å². The van der Waals surface area contributed by atoms with Gasteiger partial charge in [-0.15, -0.1) is 0 Å². The first-order valence-corrected chi connectivity index (χ1v) is 9.56. The van der Waals surface area contributed by atoms with E-state index in [1.165, 1.54) is 24.1 Å². The lowest BCUT2D eigenvalue weighted by Gasteiger charge is -2.40. The predicted molar refractivity (Wildman–Crippen MR) is 106 cm³/mol. The maximum absolute atomic E-state index is 3.90. The standard InChI is InChI=1S/C21H37N3/c1-7-18-8-10-20(11-9-18)24-14-12-19(13-15-24)22-17(2)21(3,4)16-23(5)6/h8-11,17,19,22H,7,12-16H2,1-6H3. The van der Waals surface area contributed by atoms with Crippen molar-refractivity contribution in [3.8, 4) is 0 Å². The van der Waals surface area contributed by atoms with Crippen LogP contribution in [0.3, 0.4) is 0 Å². The number of anilines is 1. The summed E-state index contributed by atoms with van der Waals surface area (Å²) < 4.78 is 0. The number of rotatable bonds is 7. The SMILES string of the molecule is CCc1ccc(N2CCC(NC(C)C(C)(C)CN(C)C)CC2)cc1. The van der Waals surface area contributed by atoms with E-state index in [9.17, 15) is 0 Å². The number of hydrogen-bond acceptors (Lipinski definition) is 3. The third-order valence-electron chi connectivity index (χ3n) is 5.59. The Morgan fingerprint density at radius 3 is 2.25 bits per heavy atom. The zero-order valence-corrected chi connectivity index (χ0v) is 16.6. The molecule has 0 aliphatic carbocycles. The van der Waals surface area contributed by atoms with E-state index in [-0.39, 0.29) is 5.41 Å². The van der Waals surface area contributed by atoms with Gasteiger partial charge in [-0.2, -0.15) is 0 Å². The molecule has 3 heteroatoms. The molecule has 0 spiro atoms. The van der Waals surface area contributed by atoms with Crippen molar-refractivity contribution in [3.05, 3.63) is 29.8 Å². The molecule has 1 unspecified atom stereocenters. The largest absolute Gasteiger partial charge is 0.371 e. The number of piperidine rings is 1. The highest BCUT2D eigenvalue weighted by molar-refractivity contribution is 5.48. The van der Waals surface area contributed by atoms with E-state index in [1.807, 2.05) is 0 Å². The smallest absolute Gasteiger partial charge is 0.0366 e. The topological polar surface area (TPSA) is 18.5 Å². The Balaban J connectivity index is 1.83. The molecular formula is C21H37N3. The second-order valence-corrected chi connectivity index (χ2v) is 8.40. The van der Waals surface area contributed by atoms with Crippen LogP contribution < -0.4 is 10.2 Å². The predicted octanol–water partition coefficient (Wildman–Crippen LogP) is 3.78. The molecule has 3 nitrogen and oxygen atoms in total. The molecule has 1 aliphatic heterocycles. The van der Waals surface area contributed by atoms with Crippen LogP contribution in [-0.2, 0) is 6.42 Å². The second kappa shape index (κ2) is 8.35. The Bertz CT molecular complexity index is 484. The van der Waals surface area contributed by atoms with E-state index in [0.29, 0.717) is 12.1 Å². The molecule has 1 aromatic carbocycles. The summed E-state index contributed by atoms with van der Waals surface area (Å²) in [5, 5.41) is 3.90. The van der Waals surface area contributed by atoms with Crippen LogP contribution in [-0.4, -0.2) is 50.7 Å². The maximum Gasteiger partial charge on any atom is 0.0366 e. The van der Waals surface area contributed by atoms with Crippen molar-refractivity contribution in [1.82, 2.24) is 10.2 Å². The Labute approximate surface area is 149 Å². The molecule has 1 aromatic rings. The van der Waals surface area contributed by atoms with Crippen LogP contribution in [0.25, 0.3) is 0 Å². The molecule has 1 saturated heterocycles. The molecule has 1 N–H and O–H groups in total. The van der Waals surface area contributed by atoms with Gasteiger partial charge in [-0.1, -0.05) is 32.9 Å². The van der Waals surface area contributed by atoms with E-state index in [2.05, 4.69) is 81.2 Å². The summed E-state index contributed by atoms with van der Waals surface area (Å²) in [6, 6.07) is 10.3. The van der Waals surface area contributed by atoms with Crippen LogP contribution in [0.15, 0.2) is 24.3 Å². The maximum atomic E-state index is 3.90. The molecule has 2 rings (SSSR count). The van der Waals surface area contributed by atoms with Gasteiger partial charge in [0, 0.05) is 37.4 Å². The Morgan fingerprint density at radius 1 is 1.17 bits per heavy atom. The third kappa shape index (κ3) is 5.22. The lowest BCUT2D eigenvalue weighted by atomic mass is 9.84. The Kier molecular flexibility index (Phi) is 6.70. The highest BCUT2D eigenvalue weighted by atomic mass is 15.2. The fraction of sp³-hybridized carbons (Fsp3) is 0.714. The first kappa shape index (κ1) is 19.3. The highest BCUT2D eigenvalue weighted by Crippen LogP contribution is 2.25. The molecule has 0 aromatic heterocycles. The number of benzene rings is 1. The zero-order valence-electron chi connectivity index (χ0n) is 16.6. The monoisotopic (exact) mass is 331 g/mol. The van der Waals surface area contributed by atoms with Crippen LogP contribution >= 0.6 is 0 Å². The van der Waals surface area contributed by atoms with E-state index in [4.69, 9.17) is 0 Å². The Hall–Kier alpha value is -1.06. The normalized spacial score (nSPS) is 18.2. The van der Waals surface area contributed by atoms with Crippen molar-refractivity contribution in [2.75, 3.05) is 38.6 Å². The third-order valence-corrected chi connectivity index (χ3v) is 5.59. The molecule has 24 heavy (non-hydrogen) atoms. The lowest BCUT2D eigenvalue weighted by Crippen LogP contribution is -2.52. The van der Waals surface area contributed by atoms with Gasteiger partial charge in [0.05, 0.1) is 0 Å². The van der Waals surface area contributed by atoms with Crippen molar-refractivity contribution in [2.45, 2.75) is 59.0 Å². The lowest BCUT2D eigenvalue weighted by molar-refractivity contribution is 0.169. The van der Waals surface area contributed by atoms with E-state index >= 15 is 0 Å². The van der Waals surface area contributed by atoms with Crippen LogP contribution in [0.1, 0.15) is 46.1 Å². The van der Waals surface area contributed by atoms with E-state index in [1.54, 1.807) is 0 Å². The van der Waals surface area contributed by atoms with Crippen LogP contribution in [0.5, 0.6) is 0 Å². The molecule has 0 radical (unpaired) electrons. The van der Waals surface area contributed by atoms with Crippen molar-refractivity contribution in [2.24, 2.45) is 5.41 Å². The molecule has 1 heterocycles. The summed E-state index contributed by atoms with van der Waals surface area (Å²) in [6.45, 7) is 12.7. The van der Waals surface area contributed by atoms with Gasteiger partial charge in [0.15, 0.2) is 0 Å². The minimum atomic E-state index is 0.288. The van der Waals surface area contributed by atoms with Crippen LogP contribution in [0.2, 0.25) is 0 Å². The number of aryl methyl sites for hydroxylation is 1.